The Balaban J connectivity index is 2.28. The first-order valence-electron chi connectivity index (χ1n) is 6.84. The van der Waals surface area contributed by atoms with E-state index in [1.807, 2.05) is 0 Å². The number of carbonyl (C=O) groups excluding carboxylic acids is 1. The molecule has 0 aromatic heterocycles. The minimum Gasteiger partial charge on any atom is -0.355 e. The number of hydrogen-bond acceptors (Lipinski definition) is 3. The highest BCUT2D eigenvalue weighted by atomic mass is 16.2. The predicted octanol–water partition coefficient (Wildman–Crippen LogP) is 0.962. The largest absolute Gasteiger partial charge is 0.355 e. The quantitative estimate of drug-likeness (QED) is 0.665. The molecule has 4 heteroatoms. The molecule has 100 valence electrons. The predicted molar refractivity (Wildman–Crippen MR) is 70.7 cm³/mol. The zero-order valence-corrected chi connectivity index (χ0v) is 11.2. The van der Waals surface area contributed by atoms with E-state index in [-0.39, 0.29) is 5.91 Å². The highest BCUT2D eigenvalue weighted by molar-refractivity contribution is 5.78. The first kappa shape index (κ1) is 14.5. The lowest BCUT2D eigenvalue weighted by atomic mass is 9.91. The smallest absolute Gasteiger partial charge is 0.234 e. The van der Waals surface area contributed by atoms with Crippen molar-refractivity contribution in [2.75, 3.05) is 26.2 Å². The van der Waals surface area contributed by atoms with Gasteiger partial charge in [0.05, 0.1) is 6.54 Å². The molecule has 0 spiro atoms. The SMILES string of the molecule is CC(C)CNC(=O)CN(CCCN)C1CCC1. The van der Waals surface area contributed by atoms with E-state index in [9.17, 15) is 4.79 Å². The zero-order chi connectivity index (χ0) is 12.7. The number of nitrogens with one attached hydrogen (secondary N) is 1. The molecule has 0 aromatic carbocycles. The number of carbonyl (C=O) groups is 1. The van der Waals surface area contributed by atoms with Crippen molar-refractivity contribution in [3.63, 3.8) is 0 Å². The van der Waals surface area contributed by atoms with Crippen molar-refractivity contribution in [3.8, 4) is 0 Å². The van der Waals surface area contributed by atoms with Crippen LogP contribution in [0.2, 0.25) is 0 Å². The molecule has 1 rings (SSSR count). The summed E-state index contributed by atoms with van der Waals surface area (Å²) in [6.07, 6.45) is 4.76. The summed E-state index contributed by atoms with van der Waals surface area (Å²) in [4.78, 5) is 14.1. The number of nitrogens with two attached hydrogens (primary N) is 1. The van der Waals surface area contributed by atoms with E-state index in [2.05, 4.69) is 24.1 Å². The van der Waals surface area contributed by atoms with Crippen LogP contribution in [0.5, 0.6) is 0 Å². The third kappa shape index (κ3) is 5.50. The van der Waals surface area contributed by atoms with Crippen LogP contribution in [0.4, 0.5) is 0 Å². The van der Waals surface area contributed by atoms with Gasteiger partial charge >= 0.3 is 0 Å². The minimum absolute atomic E-state index is 0.155. The van der Waals surface area contributed by atoms with Crippen molar-refractivity contribution in [2.24, 2.45) is 11.7 Å². The molecule has 3 N–H and O–H groups in total. The van der Waals surface area contributed by atoms with Crippen molar-refractivity contribution in [2.45, 2.75) is 45.6 Å². The van der Waals surface area contributed by atoms with Crippen molar-refractivity contribution in [3.05, 3.63) is 0 Å². The third-order valence-corrected chi connectivity index (χ3v) is 3.29. The molecule has 1 saturated carbocycles. The molecule has 1 aliphatic carbocycles. The van der Waals surface area contributed by atoms with Crippen LogP contribution in [-0.2, 0) is 4.79 Å². The summed E-state index contributed by atoms with van der Waals surface area (Å²) in [5.41, 5.74) is 5.54. The highest BCUT2D eigenvalue weighted by Crippen LogP contribution is 2.24. The zero-order valence-electron chi connectivity index (χ0n) is 11.2. The topological polar surface area (TPSA) is 58.4 Å². The van der Waals surface area contributed by atoms with Crippen molar-refractivity contribution in [1.29, 1.82) is 0 Å². The Morgan fingerprint density at radius 2 is 2.18 bits per heavy atom. The molecule has 0 radical (unpaired) electrons. The molecule has 0 saturated heterocycles. The van der Waals surface area contributed by atoms with E-state index in [0.717, 1.165) is 19.5 Å². The van der Waals surface area contributed by atoms with Gasteiger partial charge in [-0.2, -0.15) is 0 Å². The first-order chi connectivity index (χ1) is 8.13. The normalized spacial score (nSPS) is 16.3. The number of amides is 1. The van der Waals surface area contributed by atoms with Gasteiger partial charge < -0.3 is 11.1 Å². The molecule has 0 heterocycles. The molecular weight excluding hydrogens is 214 g/mol. The summed E-state index contributed by atoms with van der Waals surface area (Å²) in [6, 6.07) is 0.617. The Morgan fingerprint density at radius 1 is 1.47 bits per heavy atom. The van der Waals surface area contributed by atoms with Crippen LogP contribution in [0.25, 0.3) is 0 Å². The van der Waals surface area contributed by atoms with Gasteiger partial charge in [0.25, 0.3) is 0 Å². The Hall–Kier alpha value is -0.610. The second-order valence-electron chi connectivity index (χ2n) is 5.40. The van der Waals surface area contributed by atoms with Gasteiger partial charge in [-0.05, 0) is 31.7 Å². The van der Waals surface area contributed by atoms with E-state index >= 15 is 0 Å². The summed E-state index contributed by atoms with van der Waals surface area (Å²) in [6.45, 7) is 7.19. The summed E-state index contributed by atoms with van der Waals surface area (Å²) in [5.74, 6) is 0.669. The molecule has 0 bridgehead atoms. The Morgan fingerprint density at radius 3 is 2.65 bits per heavy atom. The average molecular weight is 241 g/mol. The van der Waals surface area contributed by atoms with Crippen LogP contribution in [0.15, 0.2) is 0 Å². The summed E-state index contributed by atoms with van der Waals surface area (Å²) in [5, 5.41) is 2.98. The van der Waals surface area contributed by atoms with E-state index in [0.29, 0.717) is 25.0 Å². The van der Waals surface area contributed by atoms with Gasteiger partial charge in [-0.15, -0.1) is 0 Å². The van der Waals surface area contributed by atoms with Crippen molar-refractivity contribution in [1.82, 2.24) is 10.2 Å². The van der Waals surface area contributed by atoms with E-state index in [1.165, 1.54) is 19.3 Å². The van der Waals surface area contributed by atoms with Crippen LogP contribution in [-0.4, -0.2) is 43.0 Å². The Kier molecular flexibility index (Phi) is 6.52. The standard InChI is InChI=1S/C13H27N3O/c1-11(2)9-15-13(17)10-16(8-4-7-14)12-5-3-6-12/h11-12H,3-10,14H2,1-2H3,(H,15,17). The first-order valence-corrected chi connectivity index (χ1v) is 6.84. The number of rotatable bonds is 8. The van der Waals surface area contributed by atoms with Gasteiger partial charge in [0.2, 0.25) is 5.91 Å². The highest BCUT2D eigenvalue weighted by Gasteiger charge is 2.25. The molecule has 0 aliphatic heterocycles. The fourth-order valence-electron chi connectivity index (χ4n) is 2.00. The fraction of sp³-hybridized carbons (Fsp3) is 0.923. The van der Waals surface area contributed by atoms with Gasteiger partial charge in [0.1, 0.15) is 0 Å². The number of nitrogens with zero attached hydrogens (tertiary/aromatic N) is 1. The molecule has 0 aromatic rings. The molecule has 17 heavy (non-hydrogen) atoms. The van der Waals surface area contributed by atoms with Gasteiger partial charge in [-0.25, -0.2) is 0 Å². The second kappa shape index (κ2) is 7.67. The molecule has 1 amide bonds. The molecule has 1 fully saturated rings. The monoisotopic (exact) mass is 241 g/mol. The number of hydrogen-bond donors (Lipinski definition) is 2. The van der Waals surface area contributed by atoms with Crippen LogP contribution in [0, 0.1) is 5.92 Å². The molecule has 4 nitrogen and oxygen atoms in total. The molecular formula is C13H27N3O. The van der Waals surface area contributed by atoms with Gasteiger partial charge in [-0.1, -0.05) is 20.3 Å². The molecule has 0 atom stereocenters. The maximum absolute atomic E-state index is 11.8. The van der Waals surface area contributed by atoms with E-state index in [1.54, 1.807) is 0 Å². The summed E-state index contributed by atoms with van der Waals surface area (Å²) < 4.78 is 0. The lowest BCUT2D eigenvalue weighted by molar-refractivity contribution is -0.123. The van der Waals surface area contributed by atoms with Crippen LogP contribution in [0.3, 0.4) is 0 Å². The van der Waals surface area contributed by atoms with Crippen LogP contribution < -0.4 is 11.1 Å². The van der Waals surface area contributed by atoms with Crippen LogP contribution >= 0.6 is 0 Å². The maximum Gasteiger partial charge on any atom is 0.234 e. The summed E-state index contributed by atoms with van der Waals surface area (Å²) in [7, 11) is 0. The Labute approximate surface area is 105 Å². The minimum atomic E-state index is 0.155. The molecule has 0 unspecified atom stereocenters. The van der Waals surface area contributed by atoms with Gasteiger partial charge in [-0.3, -0.25) is 9.69 Å². The van der Waals surface area contributed by atoms with Crippen molar-refractivity contribution >= 4 is 5.91 Å². The maximum atomic E-state index is 11.8. The third-order valence-electron chi connectivity index (χ3n) is 3.29. The van der Waals surface area contributed by atoms with Crippen LogP contribution in [0.1, 0.15) is 39.5 Å². The van der Waals surface area contributed by atoms with E-state index in [4.69, 9.17) is 5.73 Å². The lowest BCUT2D eigenvalue weighted by Gasteiger charge is -2.37. The lowest BCUT2D eigenvalue weighted by Crippen LogP contribution is -2.47. The second-order valence-corrected chi connectivity index (χ2v) is 5.40. The van der Waals surface area contributed by atoms with Gasteiger partial charge in [0, 0.05) is 19.1 Å². The fourth-order valence-corrected chi connectivity index (χ4v) is 2.00. The average Bonchev–Trinajstić information content (AvgIpc) is 2.20. The van der Waals surface area contributed by atoms with Crippen molar-refractivity contribution < 1.29 is 4.79 Å². The summed E-state index contributed by atoms with van der Waals surface area (Å²) >= 11 is 0. The Bertz CT molecular complexity index is 227. The van der Waals surface area contributed by atoms with Gasteiger partial charge in [0.15, 0.2) is 0 Å². The van der Waals surface area contributed by atoms with E-state index < -0.39 is 0 Å². The molecule has 1 aliphatic rings.